The fourth-order valence-corrected chi connectivity index (χ4v) is 0.963. The maximum atomic E-state index is 11.7. The average Bonchev–Trinajstić information content (AvgIpc) is 2.12. The second-order valence-corrected chi connectivity index (χ2v) is 4.06. The number of carbonyl (C=O) groups is 1. The van der Waals surface area contributed by atoms with E-state index in [4.69, 9.17) is 0 Å². The highest BCUT2D eigenvalue weighted by Crippen LogP contribution is 2.17. The zero-order valence-electron chi connectivity index (χ0n) is 9.66. The van der Waals surface area contributed by atoms with Crippen molar-refractivity contribution < 1.29 is 18.0 Å². The molecule has 0 saturated heterocycles. The molecule has 0 aliphatic rings. The summed E-state index contributed by atoms with van der Waals surface area (Å²) in [5.74, 6) is 0.246. The quantitative estimate of drug-likeness (QED) is 0.665. The van der Waals surface area contributed by atoms with Crippen LogP contribution in [-0.4, -0.2) is 31.7 Å². The Bertz CT molecular complexity index is 205. The Morgan fingerprint density at radius 3 is 2.38 bits per heavy atom. The highest BCUT2D eigenvalue weighted by molar-refractivity contribution is 5.76. The summed E-state index contributed by atoms with van der Waals surface area (Å²) < 4.78 is 35.2. The van der Waals surface area contributed by atoms with Crippen LogP contribution in [0.4, 0.5) is 13.2 Å². The standard InChI is InChI=1S/C10H19F3N2O/c1-8(2)7-15-9(16)3-5-14-6-4-10(11,12)13/h8,14H,3-7H2,1-2H3,(H,15,16). The number of nitrogens with one attached hydrogen (secondary N) is 2. The SMILES string of the molecule is CC(C)CNC(=O)CCNCCC(F)(F)F. The first kappa shape index (κ1) is 15.2. The molecule has 3 nitrogen and oxygen atoms in total. The fourth-order valence-electron chi connectivity index (χ4n) is 0.963. The van der Waals surface area contributed by atoms with Gasteiger partial charge in [0.25, 0.3) is 0 Å². The Labute approximate surface area is 93.8 Å². The average molecular weight is 240 g/mol. The van der Waals surface area contributed by atoms with Gasteiger partial charge in [-0.3, -0.25) is 4.79 Å². The number of alkyl halides is 3. The topological polar surface area (TPSA) is 41.1 Å². The molecule has 0 aliphatic heterocycles. The van der Waals surface area contributed by atoms with Crippen molar-refractivity contribution in [2.75, 3.05) is 19.6 Å². The summed E-state index contributed by atoms with van der Waals surface area (Å²) in [6, 6.07) is 0. The third-order valence-corrected chi connectivity index (χ3v) is 1.82. The lowest BCUT2D eigenvalue weighted by Gasteiger charge is -2.09. The number of amides is 1. The van der Waals surface area contributed by atoms with Crippen molar-refractivity contribution in [3.8, 4) is 0 Å². The summed E-state index contributed by atoms with van der Waals surface area (Å²) in [7, 11) is 0. The molecule has 1 amide bonds. The molecular formula is C10H19F3N2O. The third-order valence-electron chi connectivity index (χ3n) is 1.82. The summed E-state index contributed by atoms with van der Waals surface area (Å²) in [5.41, 5.74) is 0. The van der Waals surface area contributed by atoms with Gasteiger partial charge in [-0.15, -0.1) is 0 Å². The highest BCUT2D eigenvalue weighted by atomic mass is 19.4. The van der Waals surface area contributed by atoms with Gasteiger partial charge >= 0.3 is 6.18 Å². The molecule has 0 aromatic heterocycles. The molecule has 0 aliphatic carbocycles. The van der Waals surface area contributed by atoms with Gasteiger partial charge in [0.15, 0.2) is 0 Å². The van der Waals surface area contributed by atoms with E-state index < -0.39 is 12.6 Å². The minimum Gasteiger partial charge on any atom is -0.356 e. The van der Waals surface area contributed by atoms with E-state index in [1.165, 1.54) is 0 Å². The lowest BCUT2D eigenvalue weighted by molar-refractivity contribution is -0.133. The fraction of sp³-hybridized carbons (Fsp3) is 0.900. The van der Waals surface area contributed by atoms with Gasteiger partial charge in [-0.25, -0.2) is 0 Å². The van der Waals surface area contributed by atoms with Crippen LogP contribution >= 0.6 is 0 Å². The van der Waals surface area contributed by atoms with Crippen molar-refractivity contribution >= 4 is 5.91 Å². The molecule has 0 fully saturated rings. The van der Waals surface area contributed by atoms with E-state index in [1.807, 2.05) is 13.8 Å². The molecule has 0 heterocycles. The number of hydrogen-bond donors (Lipinski definition) is 2. The smallest absolute Gasteiger partial charge is 0.356 e. The molecule has 0 rings (SSSR count). The lowest BCUT2D eigenvalue weighted by atomic mass is 10.2. The molecule has 96 valence electrons. The van der Waals surface area contributed by atoms with Gasteiger partial charge in [0, 0.05) is 26.1 Å². The van der Waals surface area contributed by atoms with Crippen LogP contribution in [-0.2, 0) is 4.79 Å². The number of hydrogen-bond acceptors (Lipinski definition) is 2. The van der Waals surface area contributed by atoms with Crippen LogP contribution in [0, 0.1) is 5.92 Å². The van der Waals surface area contributed by atoms with Crippen molar-refractivity contribution in [2.24, 2.45) is 5.92 Å². The Kier molecular flexibility index (Phi) is 7.12. The van der Waals surface area contributed by atoms with E-state index >= 15 is 0 Å². The molecule has 0 unspecified atom stereocenters. The predicted molar refractivity (Wildman–Crippen MR) is 56.0 cm³/mol. The van der Waals surface area contributed by atoms with Crippen LogP contribution in [0.5, 0.6) is 0 Å². The van der Waals surface area contributed by atoms with Crippen molar-refractivity contribution in [3.05, 3.63) is 0 Å². The molecule has 6 heteroatoms. The Hall–Kier alpha value is -0.780. The molecule has 0 aromatic carbocycles. The monoisotopic (exact) mass is 240 g/mol. The van der Waals surface area contributed by atoms with Gasteiger partial charge in [0.2, 0.25) is 5.91 Å². The second kappa shape index (κ2) is 7.49. The number of halogens is 3. The minimum absolute atomic E-state index is 0.131. The van der Waals surface area contributed by atoms with E-state index in [2.05, 4.69) is 10.6 Å². The van der Waals surface area contributed by atoms with Gasteiger partial charge in [0.1, 0.15) is 0 Å². The van der Waals surface area contributed by atoms with E-state index in [-0.39, 0.29) is 25.4 Å². The molecular weight excluding hydrogens is 221 g/mol. The van der Waals surface area contributed by atoms with E-state index in [0.717, 1.165) is 0 Å². The molecule has 0 saturated carbocycles. The van der Waals surface area contributed by atoms with Crippen LogP contribution < -0.4 is 10.6 Å². The van der Waals surface area contributed by atoms with Gasteiger partial charge < -0.3 is 10.6 Å². The molecule has 0 aromatic rings. The Morgan fingerprint density at radius 1 is 1.25 bits per heavy atom. The lowest BCUT2D eigenvalue weighted by Crippen LogP contribution is -2.31. The zero-order chi connectivity index (χ0) is 12.6. The summed E-state index contributed by atoms with van der Waals surface area (Å²) in [6.07, 6.45) is -4.78. The Morgan fingerprint density at radius 2 is 1.88 bits per heavy atom. The first-order valence-corrected chi connectivity index (χ1v) is 5.35. The molecule has 0 spiro atoms. The normalized spacial score (nSPS) is 11.9. The first-order valence-electron chi connectivity index (χ1n) is 5.35. The summed E-state index contributed by atoms with van der Waals surface area (Å²) in [5, 5.41) is 5.27. The third kappa shape index (κ3) is 11.3. The van der Waals surface area contributed by atoms with Crippen molar-refractivity contribution in [3.63, 3.8) is 0 Å². The molecule has 0 radical (unpaired) electrons. The van der Waals surface area contributed by atoms with Crippen molar-refractivity contribution in [2.45, 2.75) is 32.9 Å². The van der Waals surface area contributed by atoms with Gasteiger partial charge in [0.05, 0.1) is 6.42 Å². The van der Waals surface area contributed by atoms with Crippen molar-refractivity contribution in [1.82, 2.24) is 10.6 Å². The van der Waals surface area contributed by atoms with Crippen LogP contribution in [0.3, 0.4) is 0 Å². The number of carbonyl (C=O) groups excluding carboxylic acids is 1. The van der Waals surface area contributed by atoms with E-state index in [0.29, 0.717) is 12.5 Å². The van der Waals surface area contributed by atoms with Crippen LogP contribution in [0.15, 0.2) is 0 Å². The van der Waals surface area contributed by atoms with Crippen molar-refractivity contribution in [1.29, 1.82) is 0 Å². The summed E-state index contributed by atoms with van der Waals surface area (Å²) >= 11 is 0. The molecule has 16 heavy (non-hydrogen) atoms. The van der Waals surface area contributed by atoms with Crippen LogP contribution in [0.1, 0.15) is 26.7 Å². The molecule has 2 N–H and O–H groups in total. The summed E-state index contributed by atoms with van der Waals surface area (Å²) in [4.78, 5) is 11.1. The van der Waals surface area contributed by atoms with Gasteiger partial charge in [-0.2, -0.15) is 13.2 Å². The molecule has 0 bridgehead atoms. The number of rotatable bonds is 7. The van der Waals surface area contributed by atoms with Crippen LogP contribution in [0.25, 0.3) is 0 Å². The first-order chi connectivity index (χ1) is 7.31. The largest absolute Gasteiger partial charge is 0.390 e. The highest BCUT2D eigenvalue weighted by Gasteiger charge is 2.25. The minimum atomic E-state index is -4.13. The molecule has 0 atom stereocenters. The second-order valence-electron chi connectivity index (χ2n) is 4.06. The maximum Gasteiger partial charge on any atom is 0.390 e. The maximum absolute atomic E-state index is 11.7. The predicted octanol–water partition coefficient (Wildman–Crippen LogP) is 1.69. The van der Waals surface area contributed by atoms with Crippen LogP contribution in [0.2, 0.25) is 0 Å². The Balaban J connectivity index is 3.35. The summed E-state index contributed by atoms with van der Waals surface area (Å²) in [6.45, 7) is 4.69. The zero-order valence-corrected chi connectivity index (χ0v) is 9.66. The van der Waals surface area contributed by atoms with Gasteiger partial charge in [-0.1, -0.05) is 13.8 Å². The van der Waals surface area contributed by atoms with Gasteiger partial charge in [-0.05, 0) is 5.92 Å². The van der Waals surface area contributed by atoms with E-state index in [1.54, 1.807) is 0 Å². The van der Waals surface area contributed by atoms with E-state index in [9.17, 15) is 18.0 Å².